The molecule has 0 amide bonds. The fourth-order valence-corrected chi connectivity index (χ4v) is 3.20. The standard InChI is InChI=1S/C21H19N3O4/c1-3-24(4-2)20-19(18-11-13-7-5-6-8-17(13)28-18)22-15-10-9-14(27-21(25)26)12-16(15)23-20/h5-12H,3-4H2,1-2H3,(H,25,26). The van der Waals surface area contributed by atoms with Crippen LogP contribution in [0.15, 0.2) is 52.9 Å². The molecule has 0 aliphatic carbocycles. The van der Waals surface area contributed by atoms with Gasteiger partial charge in [-0.2, -0.15) is 0 Å². The van der Waals surface area contributed by atoms with Crippen LogP contribution >= 0.6 is 0 Å². The van der Waals surface area contributed by atoms with Gasteiger partial charge in [0, 0.05) is 24.5 Å². The van der Waals surface area contributed by atoms with E-state index in [2.05, 4.69) is 4.90 Å². The van der Waals surface area contributed by atoms with Gasteiger partial charge in [0.1, 0.15) is 17.0 Å². The molecule has 0 radical (unpaired) electrons. The van der Waals surface area contributed by atoms with Crippen molar-refractivity contribution in [3.63, 3.8) is 0 Å². The first-order valence-electron chi connectivity index (χ1n) is 9.05. The van der Waals surface area contributed by atoms with E-state index in [9.17, 15) is 4.79 Å². The maximum absolute atomic E-state index is 10.8. The third-order valence-electron chi connectivity index (χ3n) is 4.54. The van der Waals surface area contributed by atoms with Gasteiger partial charge >= 0.3 is 6.16 Å². The number of carbonyl (C=O) groups is 1. The summed E-state index contributed by atoms with van der Waals surface area (Å²) in [4.78, 5) is 22.4. The Morgan fingerprint density at radius 1 is 1.07 bits per heavy atom. The second-order valence-electron chi connectivity index (χ2n) is 6.24. The Hall–Kier alpha value is -3.61. The zero-order chi connectivity index (χ0) is 19.7. The molecular formula is C21H19N3O4. The van der Waals surface area contributed by atoms with Crippen LogP contribution in [0.5, 0.6) is 5.75 Å². The molecule has 4 rings (SSSR count). The number of rotatable bonds is 5. The predicted molar refractivity (Wildman–Crippen MR) is 107 cm³/mol. The van der Waals surface area contributed by atoms with Crippen LogP contribution in [-0.4, -0.2) is 34.3 Å². The van der Waals surface area contributed by atoms with Crippen molar-refractivity contribution in [1.29, 1.82) is 0 Å². The van der Waals surface area contributed by atoms with Gasteiger partial charge in [-0.3, -0.25) is 0 Å². The fourth-order valence-electron chi connectivity index (χ4n) is 3.20. The molecule has 0 aliphatic heterocycles. The molecule has 2 aromatic carbocycles. The van der Waals surface area contributed by atoms with Crippen molar-refractivity contribution >= 4 is 34.0 Å². The summed E-state index contributed by atoms with van der Waals surface area (Å²) in [5, 5.41) is 9.84. The number of ether oxygens (including phenoxy) is 1. The Morgan fingerprint density at radius 2 is 1.86 bits per heavy atom. The van der Waals surface area contributed by atoms with Crippen LogP contribution in [0, 0.1) is 0 Å². The van der Waals surface area contributed by atoms with Crippen LogP contribution in [0.3, 0.4) is 0 Å². The molecule has 2 heterocycles. The minimum absolute atomic E-state index is 0.205. The van der Waals surface area contributed by atoms with Gasteiger partial charge < -0.3 is 19.2 Å². The lowest BCUT2D eigenvalue weighted by molar-refractivity contribution is 0.144. The number of hydrogen-bond donors (Lipinski definition) is 1. The molecule has 4 aromatic rings. The van der Waals surface area contributed by atoms with Crippen molar-refractivity contribution in [3.05, 3.63) is 48.5 Å². The van der Waals surface area contributed by atoms with Crippen molar-refractivity contribution in [3.8, 4) is 17.2 Å². The largest absolute Gasteiger partial charge is 0.511 e. The molecule has 0 aliphatic rings. The van der Waals surface area contributed by atoms with E-state index in [0.717, 1.165) is 24.1 Å². The zero-order valence-electron chi connectivity index (χ0n) is 15.5. The summed E-state index contributed by atoms with van der Waals surface area (Å²) in [6, 6.07) is 14.6. The lowest BCUT2D eigenvalue weighted by Gasteiger charge is -2.22. The number of benzene rings is 2. The average molecular weight is 377 g/mol. The van der Waals surface area contributed by atoms with Crippen LogP contribution in [-0.2, 0) is 0 Å². The van der Waals surface area contributed by atoms with Crippen molar-refractivity contribution in [2.45, 2.75) is 13.8 Å². The summed E-state index contributed by atoms with van der Waals surface area (Å²) in [7, 11) is 0. The van der Waals surface area contributed by atoms with Crippen molar-refractivity contribution in [2.24, 2.45) is 0 Å². The summed E-state index contributed by atoms with van der Waals surface area (Å²) in [6.45, 7) is 5.58. The third-order valence-corrected chi connectivity index (χ3v) is 4.54. The normalized spacial score (nSPS) is 11.1. The van der Waals surface area contributed by atoms with E-state index < -0.39 is 6.16 Å². The number of hydrogen-bond acceptors (Lipinski definition) is 6. The molecule has 0 spiro atoms. The molecule has 0 bridgehead atoms. The van der Waals surface area contributed by atoms with Gasteiger partial charge in [0.2, 0.25) is 0 Å². The summed E-state index contributed by atoms with van der Waals surface area (Å²) in [6.07, 6.45) is -1.37. The van der Waals surface area contributed by atoms with Crippen LogP contribution in [0.4, 0.5) is 10.6 Å². The highest BCUT2D eigenvalue weighted by atomic mass is 16.7. The third kappa shape index (κ3) is 3.22. The number of furan rings is 1. The maximum Gasteiger partial charge on any atom is 0.511 e. The topological polar surface area (TPSA) is 88.7 Å². The summed E-state index contributed by atoms with van der Waals surface area (Å²) < 4.78 is 10.8. The van der Waals surface area contributed by atoms with Crippen molar-refractivity contribution < 1.29 is 19.1 Å². The van der Waals surface area contributed by atoms with Crippen LogP contribution in [0.2, 0.25) is 0 Å². The second-order valence-corrected chi connectivity index (χ2v) is 6.24. The molecule has 142 valence electrons. The minimum Gasteiger partial charge on any atom is -0.454 e. The van der Waals surface area contributed by atoms with Gasteiger partial charge in [-0.05, 0) is 38.1 Å². The Bertz CT molecular complexity index is 1130. The Labute approximate surface area is 161 Å². The highest BCUT2D eigenvalue weighted by Gasteiger charge is 2.19. The van der Waals surface area contributed by atoms with Gasteiger partial charge in [0.15, 0.2) is 11.6 Å². The number of anilines is 1. The lowest BCUT2D eigenvalue weighted by atomic mass is 10.2. The molecule has 0 fully saturated rings. The van der Waals surface area contributed by atoms with Crippen LogP contribution in [0.1, 0.15) is 13.8 Å². The highest BCUT2D eigenvalue weighted by Crippen LogP contribution is 2.34. The molecule has 0 saturated heterocycles. The number of aromatic nitrogens is 2. The van der Waals surface area contributed by atoms with E-state index in [1.165, 1.54) is 0 Å². The summed E-state index contributed by atoms with van der Waals surface area (Å²) in [5.74, 6) is 1.53. The molecule has 7 nitrogen and oxygen atoms in total. The second kappa shape index (κ2) is 7.19. The van der Waals surface area contributed by atoms with Gasteiger partial charge in [-0.15, -0.1) is 0 Å². The smallest absolute Gasteiger partial charge is 0.454 e. The molecule has 0 saturated carbocycles. The lowest BCUT2D eigenvalue weighted by Crippen LogP contribution is -2.24. The van der Waals surface area contributed by atoms with E-state index in [0.29, 0.717) is 28.3 Å². The first kappa shape index (κ1) is 17.8. The Balaban J connectivity index is 1.92. The minimum atomic E-state index is -1.37. The molecule has 0 unspecified atom stereocenters. The molecule has 7 heteroatoms. The van der Waals surface area contributed by atoms with Crippen LogP contribution in [0.25, 0.3) is 33.5 Å². The Morgan fingerprint density at radius 3 is 2.57 bits per heavy atom. The maximum atomic E-state index is 10.8. The predicted octanol–water partition coefficient (Wildman–Crippen LogP) is 4.95. The molecule has 1 N–H and O–H groups in total. The van der Waals surface area contributed by atoms with Crippen molar-refractivity contribution in [2.75, 3.05) is 18.0 Å². The van der Waals surface area contributed by atoms with Crippen LogP contribution < -0.4 is 9.64 Å². The zero-order valence-corrected chi connectivity index (χ0v) is 15.5. The summed E-state index contributed by atoms with van der Waals surface area (Å²) in [5.41, 5.74) is 2.62. The molecule has 0 atom stereocenters. The van der Waals surface area contributed by atoms with Crippen molar-refractivity contribution in [1.82, 2.24) is 9.97 Å². The molecule has 2 aromatic heterocycles. The first-order chi connectivity index (χ1) is 13.6. The Kier molecular flexibility index (Phi) is 4.57. The van der Waals surface area contributed by atoms with Gasteiger partial charge in [0.25, 0.3) is 0 Å². The van der Waals surface area contributed by atoms with Gasteiger partial charge in [-0.1, -0.05) is 18.2 Å². The number of carboxylic acid groups (broad SMARTS) is 1. The van der Waals surface area contributed by atoms with E-state index in [-0.39, 0.29) is 5.75 Å². The quantitative estimate of drug-likeness (QED) is 0.389. The number of nitrogens with zero attached hydrogens (tertiary/aromatic N) is 3. The van der Waals surface area contributed by atoms with E-state index in [1.54, 1.807) is 18.2 Å². The first-order valence-corrected chi connectivity index (χ1v) is 9.05. The number of para-hydroxylation sites is 1. The molecular weight excluding hydrogens is 358 g/mol. The molecule has 28 heavy (non-hydrogen) atoms. The SMILES string of the molecule is CCN(CC)c1nc2cc(OC(=O)O)ccc2nc1-c1cc2ccccc2o1. The van der Waals surface area contributed by atoms with E-state index in [4.69, 9.17) is 24.2 Å². The van der Waals surface area contributed by atoms with Gasteiger partial charge in [0.05, 0.1) is 11.0 Å². The summed E-state index contributed by atoms with van der Waals surface area (Å²) >= 11 is 0. The average Bonchev–Trinajstić information content (AvgIpc) is 3.12. The number of fused-ring (bicyclic) bond motifs is 2. The van der Waals surface area contributed by atoms with Gasteiger partial charge in [-0.25, -0.2) is 14.8 Å². The van der Waals surface area contributed by atoms with E-state index >= 15 is 0 Å². The highest BCUT2D eigenvalue weighted by molar-refractivity contribution is 5.88. The monoisotopic (exact) mass is 377 g/mol. The fraction of sp³-hybridized carbons (Fsp3) is 0.190. The van der Waals surface area contributed by atoms with E-state index in [1.807, 2.05) is 44.2 Å².